The summed E-state index contributed by atoms with van der Waals surface area (Å²) in [5.74, 6) is 0.389. The van der Waals surface area contributed by atoms with E-state index in [0.717, 1.165) is 35.9 Å². The van der Waals surface area contributed by atoms with Gasteiger partial charge in [0.1, 0.15) is 0 Å². The summed E-state index contributed by atoms with van der Waals surface area (Å²) in [5.41, 5.74) is 3.42. The first-order valence-corrected chi connectivity index (χ1v) is 9.22. The molecule has 2 aromatic rings. The quantitative estimate of drug-likeness (QED) is 0.818. The second-order valence-corrected chi connectivity index (χ2v) is 7.02. The summed E-state index contributed by atoms with van der Waals surface area (Å²) in [4.78, 5) is 16.4. The largest absolute Gasteiger partial charge is 0.376 e. The smallest absolute Gasteiger partial charge is 0.230 e. The van der Waals surface area contributed by atoms with Gasteiger partial charge < -0.3 is 14.6 Å². The number of hydrogen-bond donors (Lipinski definition) is 1. The zero-order valence-electron chi connectivity index (χ0n) is 14.1. The molecule has 6 heteroatoms. The molecule has 0 spiro atoms. The van der Waals surface area contributed by atoms with Crippen LogP contribution in [-0.4, -0.2) is 40.5 Å². The molecule has 3 rings (SSSR count). The van der Waals surface area contributed by atoms with Crippen LogP contribution in [0.2, 0.25) is 0 Å². The van der Waals surface area contributed by atoms with Crippen molar-refractivity contribution in [3.05, 3.63) is 36.0 Å². The number of rotatable bonds is 6. The number of benzene rings is 1. The normalized spacial score (nSPS) is 17.2. The molecule has 0 bridgehead atoms. The van der Waals surface area contributed by atoms with Gasteiger partial charge in [0.25, 0.3) is 0 Å². The van der Waals surface area contributed by atoms with Gasteiger partial charge in [-0.2, -0.15) is 0 Å². The molecule has 1 N–H and O–H groups in total. The minimum absolute atomic E-state index is 0.0235. The van der Waals surface area contributed by atoms with Gasteiger partial charge in [-0.15, -0.1) is 0 Å². The van der Waals surface area contributed by atoms with Crippen molar-refractivity contribution in [2.75, 3.05) is 18.9 Å². The highest BCUT2D eigenvalue weighted by atomic mass is 32.2. The molecule has 1 aliphatic heterocycles. The lowest BCUT2D eigenvalue weighted by molar-refractivity contribution is -0.119. The van der Waals surface area contributed by atoms with Crippen molar-refractivity contribution in [1.29, 1.82) is 0 Å². The van der Waals surface area contributed by atoms with Crippen LogP contribution >= 0.6 is 11.8 Å². The maximum absolute atomic E-state index is 12.0. The molecule has 1 amide bonds. The van der Waals surface area contributed by atoms with Crippen LogP contribution in [-0.2, 0) is 16.6 Å². The maximum Gasteiger partial charge on any atom is 0.230 e. The van der Waals surface area contributed by atoms with Crippen molar-refractivity contribution >= 4 is 17.7 Å². The van der Waals surface area contributed by atoms with Crippen LogP contribution in [0.5, 0.6) is 0 Å². The Morgan fingerprint density at radius 1 is 1.42 bits per heavy atom. The number of carbonyl (C=O) groups is 1. The van der Waals surface area contributed by atoms with Gasteiger partial charge in [-0.05, 0) is 25.3 Å². The van der Waals surface area contributed by atoms with E-state index in [1.807, 2.05) is 17.8 Å². The van der Waals surface area contributed by atoms with E-state index in [4.69, 9.17) is 4.74 Å². The summed E-state index contributed by atoms with van der Waals surface area (Å²) in [5, 5.41) is 3.78. The molecule has 1 aromatic carbocycles. The molecule has 5 nitrogen and oxygen atoms in total. The molecule has 0 saturated carbocycles. The van der Waals surface area contributed by atoms with E-state index in [0.29, 0.717) is 12.3 Å². The van der Waals surface area contributed by atoms with Crippen LogP contribution in [0, 0.1) is 6.92 Å². The molecule has 0 aliphatic carbocycles. The Kier molecular flexibility index (Phi) is 5.58. The molecule has 24 heavy (non-hydrogen) atoms. The van der Waals surface area contributed by atoms with Gasteiger partial charge in [-0.25, -0.2) is 4.98 Å². The van der Waals surface area contributed by atoms with Gasteiger partial charge in [-0.3, -0.25) is 4.79 Å². The molecule has 1 fully saturated rings. The number of amides is 1. The Hall–Kier alpha value is -1.79. The highest BCUT2D eigenvalue weighted by molar-refractivity contribution is 7.99. The van der Waals surface area contributed by atoms with Crippen LogP contribution in [0.1, 0.15) is 18.4 Å². The molecule has 128 valence electrons. The Bertz CT molecular complexity index is 691. The van der Waals surface area contributed by atoms with Crippen LogP contribution in [0.4, 0.5) is 0 Å². The molecule has 1 aromatic heterocycles. The number of hydrogen-bond acceptors (Lipinski definition) is 4. The van der Waals surface area contributed by atoms with Crippen LogP contribution in [0.25, 0.3) is 11.3 Å². The fourth-order valence-electron chi connectivity index (χ4n) is 2.73. The first-order valence-electron chi connectivity index (χ1n) is 8.23. The third-order valence-corrected chi connectivity index (χ3v) is 5.22. The van der Waals surface area contributed by atoms with Crippen molar-refractivity contribution in [3.63, 3.8) is 0 Å². The summed E-state index contributed by atoms with van der Waals surface area (Å²) in [7, 11) is 1.98. The number of aryl methyl sites for hydroxylation is 1. The average Bonchev–Trinajstić information content (AvgIpc) is 3.22. The summed E-state index contributed by atoms with van der Waals surface area (Å²) < 4.78 is 7.54. The zero-order chi connectivity index (χ0) is 16.9. The molecule has 1 atom stereocenters. The Labute approximate surface area is 146 Å². The predicted octanol–water partition coefficient (Wildman–Crippen LogP) is 2.78. The van der Waals surface area contributed by atoms with E-state index in [2.05, 4.69) is 41.5 Å². The van der Waals surface area contributed by atoms with Crippen molar-refractivity contribution in [1.82, 2.24) is 14.9 Å². The Balaban J connectivity index is 1.54. The topological polar surface area (TPSA) is 56.1 Å². The molecular formula is C18H23N3O2S. The van der Waals surface area contributed by atoms with E-state index in [1.165, 1.54) is 17.3 Å². The van der Waals surface area contributed by atoms with Gasteiger partial charge in [0, 0.05) is 20.2 Å². The van der Waals surface area contributed by atoms with E-state index in [-0.39, 0.29) is 12.0 Å². The molecule has 0 radical (unpaired) electrons. The lowest BCUT2D eigenvalue weighted by atomic mass is 10.1. The van der Waals surface area contributed by atoms with Crippen LogP contribution < -0.4 is 5.32 Å². The lowest BCUT2D eigenvalue weighted by Crippen LogP contribution is -2.32. The molecule has 1 saturated heterocycles. The Morgan fingerprint density at radius 3 is 2.92 bits per heavy atom. The number of ether oxygens (including phenoxy) is 1. The summed E-state index contributed by atoms with van der Waals surface area (Å²) in [6.07, 6.45) is 4.16. The summed E-state index contributed by atoms with van der Waals surface area (Å²) in [6, 6.07) is 8.37. The molecule has 2 heterocycles. The Morgan fingerprint density at radius 2 is 2.21 bits per heavy atom. The van der Waals surface area contributed by atoms with Crippen molar-refractivity contribution in [3.8, 4) is 11.3 Å². The number of carbonyl (C=O) groups excluding carboxylic acids is 1. The van der Waals surface area contributed by atoms with Gasteiger partial charge in [0.2, 0.25) is 5.91 Å². The zero-order valence-corrected chi connectivity index (χ0v) is 14.9. The minimum atomic E-state index is 0.0235. The number of thioether (sulfide) groups is 1. The van der Waals surface area contributed by atoms with E-state index in [9.17, 15) is 4.79 Å². The van der Waals surface area contributed by atoms with E-state index < -0.39 is 0 Å². The summed E-state index contributed by atoms with van der Waals surface area (Å²) in [6.45, 7) is 3.49. The van der Waals surface area contributed by atoms with Gasteiger partial charge in [-0.1, -0.05) is 41.6 Å². The van der Waals surface area contributed by atoms with Crippen molar-refractivity contribution < 1.29 is 9.53 Å². The molecule has 0 unspecified atom stereocenters. The third-order valence-electron chi connectivity index (χ3n) is 4.18. The average molecular weight is 345 g/mol. The second-order valence-electron chi connectivity index (χ2n) is 6.08. The predicted molar refractivity (Wildman–Crippen MR) is 96.1 cm³/mol. The first kappa shape index (κ1) is 17.0. The minimum Gasteiger partial charge on any atom is -0.376 e. The number of nitrogens with zero attached hydrogens (tertiary/aromatic N) is 2. The van der Waals surface area contributed by atoms with Gasteiger partial charge in [0.15, 0.2) is 5.16 Å². The SMILES string of the molecule is Cc1ccc(-c2cnc(SCC(=O)NC[C@@H]3CCCO3)n2C)cc1. The fraction of sp³-hybridized carbons (Fsp3) is 0.444. The summed E-state index contributed by atoms with van der Waals surface area (Å²) >= 11 is 1.46. The number of imidazole rings is 1. The second kappa shape index (κ2) is 7.85. The lowest BCUT2D eigenvalue weighted by Gasteiger charge is -2.10. The third kappa shape index (κ3) is 4.19. The monoisotopic (exact) mass is 345 g/mol. The highest BCUT2D eigenvalue weighted by Crippen LogP contribution is 2.25. The fourth-order valence-corrected chi connectivity index (χ4v) is 3.51. The van der Waals surface area contributed by atoms with E-state index >= 15 is 0 Å². The number of nitrogens with one attached hydrogen (secondary N) is 1. The first-order chi connectivity index (χ1) is 11.6. The maximum atomic E-state index is 12.0. The molecule has 1 aliphatic rings. The highest BCUT2D eigenvalue weighted by Gasteiger charge is 2.16. The van der Waals surface area contributed by atoms with Crippen LogP contribution in [0.3, 0.4) is 0 Å². The van der Waals surface area contributed by atoms with Crippen LogP contribution in [0.15, 0.2) is 35.6 Å². The van der Waals surface area contributed by atoms with Crippen molar-refractivity contribution in [2.24, 2.45) is 7.05 Å². The molecular weight excluding hydrogens is 322 g/mol. The number of aromatic nitrogens is 2. The van der Waals surface area contributed by atoms with E-state index in [1.54, 1.807) is 0 Å². The standard InChI is InChI=1S/C18H23N3O2S/c1-13-5-7-14(8-6-13)16-11-20-18(21(16)2)24-12-17(22)19-10-15-4-3-9-23-15/h5-8,11,15H,3-4,9-10,12H2,1-2H3,(H,19,22)/t15-/m0/s1. The van der Waals surface area contributed by atoms with Gasteiger partial charge in [0.05, 0.1) is 23.7 Å². The van der Waals surface area contributed by atoms with Gasteiger partial charge >= 0.3 is 0 Å². The van der Waals surface area contributed by atoms with Crippen molar-refractivity contribution in [2.45, 2.75) is 31.0 Å².